The van der Waals surface area contributed by atoms with Gasteiger partial charge in [-0.05, 0) is 83.6 Å². The first-order valence-corrected chi connectivity index (χ1v) is 12.8. The van der Waals surface area contributed by atoms with Crippen molar-refractivity contribution in [3.63, 3.8) is 0 Å². The number of carbonyl (C=O) groups excluding carboxylic acids is 1. The van der Waals surface area contributed by atoms with E-state index in [4.69, 9.17) is 4.74 Å². The number of carbonyl (C=O) groups is 1. The first kappa shape index (κ1) is 23.5. The Morgan fingerprint density at radius 3 is 2.34 bits per heavy atom. The zero-order chi connectivity index (χ0) is 22.8. The summed E-state index contributed by atoms with van der Waals surface area (Å²) in [4.78, 5) is 12.5. The molecule has 2 N–H and O–H groups in total. The van der Waals surface area contributed by atoms with Crippen molar-refractivity contribution in [3.05, 3.63) is 41.5 Å². The van der Waals surface area contributed by atoms with Crippen LogP contribution in [0.1, 0.15) is 84.6 Å². The zero-order valence-electron chi connectivity index (χ0n) is 20.5. The van der Waals surface area contributed by atoms with Gasteiger partial charge in [0, 0.05) is 24.7 Å². The Bertz CT molecular complexity index is 798. The molecule has 1 aromatic rings. The fraction of sp³-hybridized carbons (Fsp3) is 0.679. The van der Waals surface area contributed by atoms with E-state index in [-0.39, 0.29) is 11.4 Å². The van der Waals surface area contributed by atoms with Crippen LogP contribution in [0.5, 0.6) is 0 Å². The minimum Gasteiger partial charge on any atom is -0.460 e. The zero-order valence-corrected chi connectivity index (χ0v) is 20.5. The summed E-state index contributed by atoms with van der Waals surface area (Å²) in [6.45, 7) is 8.92. The highest BCUT2D eigenvalue weighted by atomic mass is 16.6. The Balaban J connectivity index is 1.18. The highest BCUT2D eigenvalue weighted by molar-refractivity contribution is 5.80. The maximum absolute atomic E-state index is 12.5. The van der Waals surface area contributed by atoms with E-state index in [9.17, 15) is 4.79 Å². The molecule has 0 aromatic heterocycles. The van der Waals surface area contributed by atoms with Crippen LogP contribution >= 0.6 is 0 Å². The minimum atomic E-state index is -0.398. The predicted molar refractivity (Wildman–Crippen MR) is 131 cm³/mol. The molecule has 1 unspecified atom stereocenters. The van der Waals surface area contributed by atoms with Crippen molar-refractivity contribution in [2.24, 2.45) is 11.3 Å². The molecule has 32 heavy (non-hydrogen) atoms. The van der Waals surface area contributed by atoms with Crippen molar-refractivity contribution in [2.75, 3.05) is 6.54 Å². The first-order valence-electron chi connectivity index (χ1n) is 12.8. The summed E-state index contributed by atoms with van der Waals surface area (Å²) in [5, 5.41) is 7.66. The maximum atomic E-state index is 12.5. The van der Waals surface area contributed by atoms with Crippen molar-refractivity contribution < 1.29 is 9.53 Å². The number of hydrogen-bond acceptors (Lipinski definition) is 4. The molecule has 4 heteroatoms. The Hall–Kier alpha value is -1.65. The molecule has 0 bridgehead atoms. The Labute approximate surface area is 194 Å². The number of hydrogen-bond donors (Lipinski definition) is 2. The Morgan fingerprint density at radius 2 is 1.75 bits per heavy atom. The van der Waals surface area contributed by atoms with E-state index in [0.29, 0.717) is 24.0 Å². The molecule has 1 aromatic carbocycles. The summed E-state index contributed by atoms with van der Waals surface area (Å²) in [7, 11) is 0. The van der Waals surface area contributed by atoms with Crippen LogP contribution in [0.3, 0.4) is 0 Å². The van der Waals surface area contributed by atoms with Gasteiger partial charge in [-0.3, -0.25) is 4.79 Å². The summed E-state index contributed by atoms with van der Waals surface area (Å²) in [6, 6.07) is 12.5. The molecule has 176 valence electrons. The molecule has 3 fully saturated rings. The fourth-order valence-electron chi connectivity index (χ4n) is 5.12. The molecule has 4 rings (SSSR count). The van der Waals surface area contributed by atoms with Crippen LogP contribution in [-0.4, -0.2) is 36.2 Å². The summed E-state index contributed by atoms with van der Waals surface area (Å²) in [5.41, 5.74) is 2.25. The van der Waals surface area contributed by atoms with E-state index in [0.717, 1.165) is 25.8 Å². The first-order chi connectivity index (χ1) is 15.3. The number of benzene rings is 1. The molecule has 0 heterocycles. The molecule has 3 aliphatic carbocycles. The van der Waals surface area contributed by atoms with E-state index in [2.05, 4.69) is 54.0 Å². The van der Waals surface area contributed by atoms with Crippen LogP contribution in [0.15, 0.2) is 35.9 Å². The van der Waals surface area contributed by atoms with Crippen molar-refractivity contribution in [1.29, 1.82) is 0 Å². The lowest BCUT2D eigenvalue weighted by atomic mass is 9.90. The van der Waals surface area contributed by atoms with E-state index in [1.807, 2.05) is 20.8 Å². The van der Waals surface area contributed by atoms with Gasteiger partial charge in [-0.15, -0.1) is 0 Å². The van der Waals surface area contributed by atoms with Gasteiger partial charge in [-0.25, -0.2) is 0 Å². The van der Waals surface area contributed by atoms with Gasteiger partial charge in [0.2, 0.25) is 0 Å². The Kier molecular flexibility index (Phi) is 7.11. The van der Waals surface area contributed by atoms with Gasteiger partial charge in [0.1, 0.15) is 5.60 Å². The quantitative estimate of drug-likeness (QED) is 0.501. The van der Waals surface area contributed by atoms with Crippen LogP contribution in [-0.2, 0) is 9.53 Å². The van der Waals surface area contributed by atoms with Gasteiger partial charge in [-0.1, -0.05) is 48.9 Å². The average molecular weight is 439 g/mol. The molecule has 0 saturated heterocycles. The lowest BCUT2D eigenvalue weighted by molar-refractivity contribution is -0.161. The van der Waals surface area contributed by atoms with Gasteiger partial charge >= 0.3 is 5.97 Å². The molecule has 3 aliphatic rings. The second kappa shape index (κ2) is 9.69. The molecule has 4 nitrogen and oxygen atoms in total. The minimum absolute atomic E-state index is 0.0112. The van der Waals surface area contributed by atoms with E-state index >= 15 is 0 Å². The average Bonchev–Trinajstić information content (AvgIpc) is 3.68. The van der Waals surface area contributed by atoms with Crippen LogP contribution in [0.25, 0.3) is 6.08 Å². The second-order valence-corrected chi connectivity index (χ2v) is 11.3. The fourth-order valence-corrected chi connectivity index (χ4v) is 5.12. The number of ether oxygens (including phenoxy) is 1. The summed E-state index contributed by atoms with van der Waals surface area (Å²) in [5.74, 6) is 0.697. The van der Waals surface area contributed by atoms with Crippen molar-refractivity contribution in [2.45, 2.75) is 103 Å². The highest BCUT2D eigenvalue weighted by Crippen LogP contribution is 2.47. The van der Waals surface area contributed by atoms with Gasteiger partial charge in [0.25, 0.3) is 0 Å². The van der Waals surface area contributed by atoms with Crippen LogP contribution in [0.4, 0.5) is 0 Å². The van der Waals surface area contributed by atoms with Crippen molar-refractivity contribution in [1.82, 2.24) is 10.6 Å². The van der Waals surface area contributed by atoms with E-state index in [1.165, 1.54) is 37.7 Å². The Morgan fingerprint density at radius 1 is 1.09 bits per heavy atom. The highest BCUT2D eigenvalue weighted by Gasteiger charge is 2.52. The van der Waals surface area contributed by atoms with Crippen molar-refractivity contribution >= 4 is 12.0 Å². The number of esters is 1. The summed E-state index contributed by atoms with van der Waals surface area (Å²) in [6.07, 6.45) is 11.6. The molecule has 0 spiro atoms. The van der Waals surface area contributed by atoms with Gasteiger partial charge in [-0.2, -0.15) is 0 Å². The maximum Gasteiger partial charge on any atom is 0.313 e. The number of rotatable bonds is 9. The second-order valence-electron chi connectivity index (χ2n) is 11.3. The SMILES string of the molecule is CC/C(=C\c1ccccc1)[C@@H]1CC1NC1CCC(NCC2(C(=O)OC(C)(C)C)CC2)CC1. The number of nitrogens with one attached hydrogen (secondary N) is 2. The largest absolute Gasteiger partial charge is 0.460 e. The third-order valence-corrected chi connectivity index (χ3v) is 7.42. The molecular weight excluding hydrogens is 396 g/mol. The van der Waals surface area contributed by atoms with E-state index in [1.54, 1.807) is 5.57 Å². The van der Waals surface area contributed by atoms with Crippen molar-refractivity contribution in [3.8, 4) is 0 Å². The predicted octanol–water partition coefficient (Wildman–Crippen LogP) is 5.48. The van der Waals surface area contributed by atoms with Crippen LogP contribution in [0.2, 0.25) is 0 Å². The third kappa shape index (κ3) is 6.23. The topological polar surface area (TPSA) is 50.4 Å². The molecule has 2 atom stereocenters. The van der Waals surface area contributed by atoms with Gasteiger partial charge in [0.05, 0.1) is 5.41 Å². The molecule has 0 amide bonds. The molecule has 0 aliphatic heterocycles. The third-order valence-electron chi connectivity index (χ3n) is 7.42. The lowest BCUT2D eigenvalue weighted by Gasteiger charge is -2.31. The van der Waals surface area contributed by atoms with Gasteiger partial charge in [0.15, 0.2) is 0 Å². The summed E-state index contributed by atoms with van der Waals surface area (Å²) >= 11 is 0. The smallest absolute Gasteiger partial charge is 0.313 e. The normalized spacial score (nSPS) is 29.4. The summed E-state index contributed by atoms with van der Waals surface area (Å²) < 4.78 is 5.66. The molecule has 3 saturated carbocycles. The van der Waals surface area contributed by atoms with Crippen LogP contribution in [0, 0.1) is 11.3 Å². The standard InChI is InChI=1S/C28H42N2O2/c1-5-21(17-20-9-7-6-8-10-20)24-18-25(24)30-23-13-11-22(12-14-23)29-19-28(15-16-28)26(31)32-27(2,3)4/h6-10,17,22-25,29-30H,5,11-16,18-19H2,1-4H3/b21-17+/t22?,23?,24-,25?/m0/s1. The monoisotopic (exact) mass is 438 g/mol. The van der Waals surface area contributed by atoms with E-state index < -0.39 is 5.60 Å². The van der Waals surface area contributed by atoms with Crippen LogP contribution < -0.4 is 10.6 Å². The van der Waals surface area contributed by atoms with Gasteiger partial charge < -0.3 is 15.4 Å². The molecule has 0 radical (unpaired) electrons. The molecular formula is C28H42N2O2. The lowest BCUT2D eigenvalue weighted by Crippen LogP contribution is -2.44.